The molecular weight excluding hydrogens is 357 g/mol. The molecular formula is C14H21Cl2N5O3. The number of aryl methyl sites for hydroxylation is 1. The van der Waals surface area contributed by atoms with E-state index in [1.165, 1.54) is 6.07 Å². The summed E-state index contributed by atoms with van der Waals surface area (Å²) in [5.41, 5.74) is -0.299. The number of aromatic amines is 2. The highest BCUT2D eigenvalue weighted by molar-refractivity contribution is 5.95. The number of H-pyrrole nitrogens is 2. The van der Waals surface area contributed by atoms with Gasteiger partial charge in [-0.2, -0.15) is 0 Å². The lowest BCUT2D eigenvalue weighted by atomic mass is 10.1. The molecule has 0 saturated heterocycles. The van der Waals surface area contributed by atoms with Crippen molar-refractivity contribution in [2.75, 3.05) is 19.6 Å². The predicted molar refractivity (Wildman–Crippen MR) is 97.7 cm³/mol. The summed E-state index contributed by atoms with van der Waals surface area (Å²) in [6, 6.07) is 1.53. The van der Waals surface area contributed by atoms with Gasteiger partial charge in [0.25, 0.3) is 11.5 Å². The Morgan fingerprint density at radius 2 is 1.88 bits per heavy atom. The largest absolute Gasteiger partial charge is 0.349 e. The summed E-state index contributed by atoms with van der Waals surface area (Å²) in [4.78, 5) is 43.8. The van der Waals surface area contributed by atoms with Crippen molar-refractivity contribution in [1.29, 1.82) is 0 Å². The van der Waals surface area contributed by atoms with Crippen LogP contribution in [-0.2, 0) is 0 Å². The maximum absolute atomic E-state index is 12.1. The topological polar surface area (TPSA) is 120 Å². The van der Waals surface area contributed by atoms with Crippen molar-refractivity contribution in [3.8, 4) is 0 Å². The Kier molecular flexibility index (Phi) is 9.27. The van der Waals surface area contributed by atoms with Gasteiger partial charge in [0.15, 0.2) is 0 Å². The van der Waals surface area contributed by atoms with Gasteiger partial charge in [-0.25, -0.2) is 9.78 Å². The van der Waals surface area contributed by atoms with Gasteiger partial charge in [0.05, 0.1) is 5.39 Å². The molecule has 0 atom stereocenters. The summed E-state index contributed by atoms with van der Waals surface area (Å²) >= 11 is 0. The smallest absolute Gasteiger partial charge is 0.327 e. The molecule has 10 heteroatoms. The van der Waals surface area contributed by atoms with Crippen LogP contribution in [0.25, 0.3) is 11.0 Å². The third-order valence-corrected chi connectivity index (χ3v) is 3.15. The molecule has 0 radical (unpaired) electrons. The summed E-state index contributed by atoms with van der Waals surface area (Å²) in [5, 5.41) is 6.19. The summed E-state index contributed by atoms with van der Waals surface area (Å²) in [5.74, 6) is -0.343. The molecule has 4 N–H and O–H groups in total. The minimum absolute atomic E-state index is 0. The number of rotatable bonds is 6. The quantitative estimate of drug-likeness (QED) is 0.546. The van der Waals surface area contributed by atoms with Crippen LogP contribution in [0.5, 0.6) is 0 Å². The number of aromatic nitrogens is 3. The second kappa shape index (κ2) is 10.1. The molecule has 0 bridgehead atoms. The van der Waals surface area contributed by atoms with E-state index in [2.05, 4.69) is 32.5 Å². The Balaban J connectivity index is 0.00000264. The maximum Gasteiger partial charge on any atom is 0.327 e. The van der Waals surface area contributed by atoms with Crippen molar-refractivity contribution in [3.05, 3.63) is 38.2 Å². The lowest BCUT2D eigenvalue weighted by Crippen LogP contribution is -2.33. The number of carbonyl (C=O) groups excluding carboxylic acids is 1. The number of carbonyl (C=O) groups is 1. The van der Waals surface area contributed by atoms with E-state index in [9.17, 15) is 14.4 Å². The molecule has 0 aliphatic carbocycles. The second-order valence-electron chi connectivity index (χ2n) is 4.96. The normalized spacial score (nSPS) is 9.92. The van der Waals surface area contributed by atoms with Crippen molar-refractivity contribution in [2.24, 2.45) is 0 Å². The lowest BCUT2D eigenvalue weighted by molar-refractivity contribution is 0.0949. The summed E-state index contributed by atoms with van der Waals surface area (Å²) < 4.78 is 0. The van der Waals surface area contributed by atoms with Crippen LogP contribution in [0.2, 0.25) is 0 Å². The molecule has 0 aromatic carbocycles. The number of hydrogen-bond acceptors (Lipinski definition) is 5. The van der Waals surface area contributed by atoms with Crippen molar-refractivity contribution >= 4 is 41.8 Å². The van der Waals surface area contributed by atoms with Crippen LogP contribution in [0.15, 0.2) is 15.7 Å². The summed E-state index contributed by atoms with van der Waals surface area (Å²) in [6.07, 6.45) is 1.03. The fraction of sp³-hybridized carbons (Fsp3) is 0.429. The minimum atomic E-state index is -0.647. The van der Waals surface area contributed by atoms with E-state index in [1.807, 2.05) is 0 Å². The molecule has 0 unspecified atom stereocenters. The average Bonchev–Trinajstić information content (AvgIpc) is 2.45. The monoisotopic (exact) mass is 377 g/mol. The highest BCUT2D eigenvalue weighted by Crippen LogP contribution is 2.10. The van der Waals surface area contributed by atoms with E-state index in [0.29, 0.717) is 18.7 Å². The van der Waals surface area contributed by atoms with Gasteiger partial charge in [0.2, 0.25) is 0 Å². The Morgan fingerprint density at radius 3 is 2.54 bits per heavy atom. The Bertz CT molecular complexity index is 803. The first-order valence-electron chi connectivity index (χ1n) is 7.15. The van der Waals surface area contributed by atoms with Gasteiger partial charge in [-0.05, 0) is 31.5 Å². The SMILES string of the molecule is CCCNCCNC(=O)c1cc(C)c2c(=O)[nH]c(=O)[nH]c2n1.Cl.Cl. The molecule has 2 aromatic rings. The molecule has 0 saturated carbocycles. The van der Waals surface area contributed by atoms with Gasteiger partial charge >= 0.3 is 5.69 Å². The Morgan fingerprint density at radius 1 is 1.17 bits per heavy atom. The third-order valence-electron chi connectivity index (χ3n) is 3.15. The Labute approximate surface area is 150 Å². The molecule has 0 fully saturated rings. The number of nitrogens with zero attached hydrogens (tertiary/aromatic N) is 1. The first-order valence-corrected chi connectivity index (χ1v) is 7.15. The molecule has 134 valence electrons. The third kappa shape index (κ3) is 5.33. The van der Waals surface area contributed by atoms with Crippen LogP contribution >= 0.6 is 24.8 Å². The van der Waals surface area contributed by atoms with E-state index < -0.39 is 11.2 Å². The van der Waals surface area contributed by atoms with E-state index in [1.54, 1.807) is 6.92 Å². The zero-order chi connectivity index (χ0) is 16.1. The number of pyridine rings is 1. The highest BCUT2D eigenvalue weighted by atomic mass is 35.5. The molecule has 0 aliphatic rings. The number of hydrogen-bond donors (Lipinski definition) is 4. The van der Waals surface area contributed by atoms with Gasteiger partial charge in [-0.15, -0.1) is 24.8 Å². The van der Waals surface area contributed by atoms with Gasteiger partial charge in [0.1, 0.15) is 11.3 Å². The fourth-order valence-corrected chi connectivity index (χ4v) is 2.13. The molecule has 1 amide bonds. The van der Waals surface area contributed by atoms with Gasteiger partial charge in [0, 0.05) is 13.1 Å². The zero-order valence-electron chi connectivity index (χ0n) is 13.4. The molecule has 2 aromatic heterocycles. The highest BCUT2D eigenvalue weighted by Gasteiger charge is 2.12. The Hall–Kier alpha value is -1.90. The van der Waals surface area contributed by atoms with Crippen LogP contribution in [0.3, 0.4) is 0 Å². The molecule has 8 nitrogen and oxygen atoms in total. The zero-order valence-corrected chi connectivity index (χ0v) is 15.0. The number of amides is 1. The van der Waals surface area contributed by atoms with Crippen LogP contribution in [0, 0.1) is 6.92 Å². The van der Waals surface area contributed by atoms with Crippen molar-refractivity contribution < 1.29 is 4.79 Å². The maximum atomic E-state index is 12.1. The lowest BCUT2D eigenvalue weighted by Gasteiger charge is -2.07. The van der Waals surface area contributed by atoms with Crippen LogP contribution in [0.4, 0.5) is 0 Å². The van der Waals surface area contributed by atoms with Gasteiger partial charge in [-0.3, -0.25) is 19.6 Å². The van der Waals surface area contributed by atoms with E-state index in [4.69, 9.17) is 0 Å². The molecule has 24 heavy (non-hydrogen) atoms. The number of nitrogens with one attached hydrogen (secondary N) is 4. The number of halogens is 2. The first-order chi connectivity index (χ1) is 10.5. The molecule has 2 heterocycles. The van der Waals surface area contributed by atoms with Crippen molar-refractivity contribution in [2.45, 2.75) is 20.3 Å². The summed E-state index contributed by atoms with van der Waals surface area (Å²) in [6.45, 7) is 5.80. The van der Waals surface area contributed by atoms with Crippen LogP contribution in [-0.4, -0.2) is 40.5 Å². The van der Waals surface area contributed by atoms with Crippen LogP contribution in [0.1, 0.15) is 29.4 Å². The minimum Gasteiger partial charge on any atom is -0.349 e. The van der Waals surface area contributed by atoms with Gasteiger partial charge < -0.3 is 10.6 Å². The van der Waals surface area contributed by atoms with Crippen molar-refractivity contribution in [3.63, 3.8) is 0 Å². The molecule has 0 spiro atoms. The number of fused-ring (bicyclic) bond motifs is 1. The van der Waals surface area contributed by atoms with E-state index in [-0.39, 0.29) is 47.4 Å². The second-order valence-corrected chi connectivity index (χ2v) is 4.96. The first kappa shape index (κ1) is 22.1. The molecule has 2 rings (SSSR count). The molecule has 0 aliphatic heterocycles. The average molecular weight is 378 g/mol. The van der Waals surface area contributed by atoms with Crippen molar-refractivity contribution in [1.82, 2.24) is 25.6 Å². The van der Waals surface area contributed by atoms with E-state index >= 15 is 0 Å². The standard InChI is InChI=1S/C14H19N5O3.2ClH/c1-3-4-15-5-6-16-12(20)9-7-8(2)10-11(17-9)18-14(22)19-13(10)21;;/h7,15H,3-6H2,1-2H3,(H,16,20)(H2,17,18,19,21,22);2*1H. The fourth-order valence-electron chi connectivity index (χ4n) is 2.13. The van der Waals surface area contributed by atoms with Crippen LogP contribution < -0.4 is 21.9 Å². The van der Waals surface area contributed by atoms with Gasteiger partial charge in [-0.1, -0.05) is 6.92 Å². The van der Waals surface area contributed by atoms with E-state index in [0.717, 1.165) is 13.0 Å². The summed E-state index contributed by atoms with van der Waals surface area (Å²) in [7, 11) is 0. The predicted octanol–water partition coefficient (Wildman–Crippen LogP) is 0.493.